The minimum Gasteiger partial charge on any atom is -0.341 e. The number of aromatic nitrogens is 3. The van der Waals surface area contributed by atoms with Crippen LogP contribution in [0.5, 0.6) is 0 Å². The number of hydrogen-bond donors (Lipinski definition) is 0. The van der Waals surface area contributed by atoms with Crippen molar-refractivity contribution in [2.24, 2.45) is 0 Å². The highest BCUT2D eigenvalue weighted by Gasteiger charge is 2.18. The van der Waals surface area contributed by atoms with E-state index in [1.807, 2.05) is 95.4 Å². The number of hydrogen-bond acceptors (Lipinski definition) is 5. The molecule has 0 bridgehead atoms. The summed E-state index contributed by atoms with van der Waals surface area (Å²) in [5.41, 5.74) is 4.79. The van der Waals surface area contributed by atoms with Crippen molar-refractivity contribution < 1.29 is 4.79 Å². The van der Waals surface area contributed by atoms with Crippen molar-refractivity contribution in [3.05, 3.63) is 101 Å². The summed E-state index contributed by atoms with van der Waals surface area (Å²) in [6.07, 6.45) is 2.30. The molecule has 0 atom stereocenters. The van der Waals surface area contributed by atoms with Crippen LogP contribution in [0.3, 0.4) is 0 Å². The molecular weight excluding hydrogens is 448 g/mol. The maximum Gasteiger partial charge on any atom is 0.228 e. The van der Waals surface area contributed by atoms with E-state index in [2.05, 4.69) is 11.1 Å². The molecule has 0 radical (unpaired) electrons. The molecule has 5 aromatic rings. The molecule has 0 spiro atoms. The third kappa shape index (κ3) is 4.79. The van der Waals surface area contributed by atoms with Crippen molar-refractivity contribution >= 4 is 28.6 Å². The Morgan fingerprint density at radius 3 is 2.45 bits per heavy atom. The summed E-state index contributed by atoms with van der Waals surface area (Å²) in [5, 5.41) is 9.78. The summed E-state index contributed by atoms with van der Waals surface area (Å²) in [4.78, 5) is 20.5. The molecule has 0 fully saturated rings. The highest BCUT2D eigenvalue weighted by atomic mass is 32.1. The van der Waals surface area contributed by atoms with Crippen LogP contribution in [0.2, 0.25) is 0 Å². The number of carbonyl (C=O) groups is 1. The average molecular weight is 471 g/mol. The van der Waals surface area contributed by atoms with Gasteiger partial charge in [0.25, 0.3) is 0 Å². The number of nitrogens with zero attached hydrogens (tertiary/aromatic N) is 4. The van der Waals surface area contributed by atoms with Gasteiger partial charge in [-0.15, -0.1) is 22.7 Å². The van der Waals surface area contributed by atoms with Crippen molar-refractivity contribution in [3.63, 3.8) is 0 Å². The molecule has 2 aromatic carbocycles. The van der Waals surface area contributed by atoms with E-state index < -0.39 is 0 Å². The Morgan fingerprint density at radius 1 is 0.970 bits per heavy atom. The van der Waals surface area contributed by atoms with Crippen LogP contribution in [0.15, 0.2) is 89.8 Å². The van der Waals surface area contributed by atoms with Gasteiger partial charge in [0.05, 0.1) is 22.7 Å². The van der Waals surface area contributed by atoms with E-state index in [1.165, 1.54) is 0 Å². The topological polar surface area (TPSA) is 51.0 Å². The van der Waals surface area contributed by atoms with Crippen LogP contribution in [-0.4, -0.2) is 32.6 Å². The first-order chi connectivity index (χ1) is 16.2. The molecule has 0 unspecified atom stereocenters. The van der Waals surface area contributed by atoms with E-state index in [9.17, 15) is 4.79 Å². The first-order valence-corrected chi connectivity index (χ1v) is 12.3. The number of rotatable bonds is 7. The van der Waals surface area contributed by atoms with Crippen molar-refractivity contribution in [1.82, 2.24) is 19.7 Å². The lowest BCUT2D eigenvalue weighted by Gasteiger charge is -2.16. The number of carbonyl (C=O) groups excluding carboxylic acids is 1. The van der Waals surface area contributed by atoms with Gasteiger partial charge >= 0.3 is 0 Å². The monoisotopic (exact) mass is 470 g/mol. The largest absolute Gasteiger partial charge is 0.341 e. The summed E-state index contributed by atoms with van der Waals surface area (Å²) in [6.45, 7) is 0.481. The third-order valence-electron chi connectivity index (χ3n) is 5.30. The predicted molar refractivity (Wildman–Crippen MR) is 135 cm³/mol. The first kappa shape index (κ1) is 21.3. The standard InChI is InChI=1S/C26H22N4OS2/c1-29(24(31)15-21-18-33-26(27-21)19-9-4-2-5-10-19)16-20-17-30(22-11-6-3-7-12-22)28-25(20)23-13-8-14-32-23/h2-14,17-18H,15-16H2,1H3. The fourth-order valence-corrected chi connectivity index (χ4v) is 5.16. The molecule has 3 heterocycles. The Hall–Kier alpha value is -3.55. The summed E-state index contributed by atoms with van der Waals surface area (Å²) in [6, 6.07) is 24.2. The highest BCUT2D eigenvalue weighted by molar-refractivity contribution is 7.13. The van der Waals surface area contributed by atoms with Crippen LogP contribution in [0.25, 0.3) is 26.8 Å². The quantitative estimate of drug-likeness (QED) is 0.296. The Morgan fingerprint density at radius 2 is 1.73 bits per heavy atom. The van der Waals surface area contributed by atoms with Gasteiger partial charge in [-0.1, -0.05) is 54.6 Å². The van der Waals surface area contributed by atoms with Gasteiger partial charge in [0.15, 0.2) is 0 Å². The normalized spacial score (nSPS) is 10.9. The zero-order valence-corrected chi connectivity index (χ0v) is 19.7. The van der Waals surface area contributed by atoms with E-state index in [-0.39, 0.29) is 12.3 Å². The molecule has 33 heavy (non-hydrogen) atoms. The van der Waals surface area contributed by atoms with Gasteiger partial charge in [-0.3, -0.25) is 4.79 Å². The SMILES string of the molecule is CN(Cc1cn(-c2ccccc2)nc1-c1cccs1)C(=O)Cc1csc(-c2ccccc2)n1. The lowest BCUT2D eigenvalue weighted by atomic mass is 10.2. The number of amides is 1. The molecule has 3 aromatic heterocycles. The molecule has 0 aliphatic rings. The zero-order chi connectivity index (χ0) is 22.6. The predicted octanol–water partition coefficient (Wildman–Crippen LogP) is 5.93. The van der Waals surface area contributed by atoms with Crippen molar-refractivity contribution in [2.45, 2.75) is 13.0 Å². The number of likely N-dealkylation sites (N-methyl/N-ethyl adjacent to an activating group) is 1. The second-order valence-corrected chi connectivity index (χ2v) is 9.50. The lowest BCUT2D eigenvalue weighted by molar-refractivity contribution is -0.129. The average Bonchev–Trinajstić information content (AvgIpc) is 3.61. The summed E-state index contributed by atoms with van der Waals surface area (Å²) >= 11 is 3.22. The third-order valence-corrected chi connectivity index (χ3v) is 7.12. The van der Waals surface area contributed by atoms with E-state index in [4.69, 9.17) is 5.10 Å². The first-order valence-electron chi connectivity index (χ1n) is 10.6. The summed E-state index contributed by atoms with van der Waals surface area (Å²) < 4.78 is 1.88. The second-order valence-electron chi connectivity index (χ2n) is 7.70. The molecule has 7 heteroatoms. The van der Waals surface area contributed by atoms with Crippen LogP contribution in [0.4, 0.5) is 0 Å². The van der Waals surface area contributed by atoms with Gasteiger partial charge in [0, 0.05) is 36.3 Å². The van der Waals surface area contributed by atoms with E-state index >= 15 is 0 Å². The molecule has 0 aliphatic carbocycles. The number of para-hydroxylation sites is 1. The minimum atomic E-state index is 0.0319. The second kappa shape index (κ2) is 9.52. The van der Waals surface area contributed by atoms with Gasteiger partial charge in [-0.05, 0) is 23.6 Å². The molecule has 164 valence electrons. The maximum atomic E-state index is 13.0. The van der Waals surface area contributed by atoms with Crippen LogP contribution in [0, 0.1) is 0 Å². The Balaban J connectivity index is 1.34. The van der Waals surface area contributed by atoms with E-state index in [1.54, 1.807) is 27.6 Å². The summed E-state index contributed by atoms with van der Waals surface area (Å²) in [7, 11) is 1.84. The number of benzene rings is 2. The van der Waals surface area contributed by atoms with Gasteiger partial charge in [0.1, 0.15) is 10.7 Å². The van der Waals surface area contributed by atoms with Gasteiger partial charge in [-0.25, -0.2) is 9.67 Å². The zero-order valence-electron chi connectivity index (χ0n) is 18.1. The molecule has 0 saturated carbocycles. The molecule has 0 aliphatic heterocycles. The minimum absolute atomic E-state index is 0.0319. The summed E-state index contributed by atoms with van der Waals surface area (Å²) in [5.74, 6) is 0.0319. The van der Waals surface area contributed by atoms with Crippen LogP contribution in [-0.2, 0) is 17.8 Å². The number of thiazole rings is 1. The maximum absolute atomic E-state index is 13.0. The lowest BCUT2D eigenvalue weighted by Crippen LogP contribution is -2.27. The highest BCUT2D eigenvalue weighted by Crippen LogP contribution is 2.29. The molecule has 0 N–H and O–H groups in total. The van der Waals surface area contributed by atoms with Crippen molar-refractivity contribution in [2.75, 3.05) is 7.05 Å². The van der Waals surface area contributed by atoms with Crippen molar-refractivity contribution in [1.29, 1.82) is 0 Å². The smallest absolute Gasteiger partial charge is 0.228 e. The Labute approximate surface area is 200 Å². The van der Waals surface area contributed by atoms with Gasteiger partial charge in [-0.2, -0.15) is 5.10 Å². The van der Waals surface area contributed by atoms with Crippen LogP contribution >= 0.6 is 22.7 Å². The van der Waals surface area contributed by atoms with E-state index in [0.29, 0.717) is 6.54 Å². The Kier molecular flexibility index (Phi) is 6.15. The molecule has 5 nitrogen and oxygen atoms in total. The van der Waals surface area contributed by atoms with Gasteiger partial charge in [0.2, 0.25) is 5.91 Å². The van der Waals surface area contributed by atoms with Crippen LogP contribution in [0.1, 0.15) is 11.3 Å². The van der Waals surface area contributed by atoms with Gasteiger partial charge < -0.3 is 4.90 Å². The molecular formula is C26H22N4OS2. The molecule has 1 amide bonds. The fraction of sp³-hybridized carbons (Fsp3) is 0.115. The number of thiophene rings is 1. The van der Waals surface area contributed by atoms with Crippen LogP contribution < -0.4 is 0 Å². The van der Waals surface area contributed by atoms with Crippen molar-refractivity contribution in [3.8, 4) is 26.8 Å². The Bertz CT molecular complexity index is 1340. The molecule has 5 rings (SSSR count). The fourth-order valence-electron chi connectivity index (χ4n) is 3.59. The van der Waals surface area contributed by atoms with E-state index in [0.717, 1.165) is 38.1 Å². The molecule has 0 saturated heterocycles.